The number of alkyl halides is 3. The van der Waals surface area contributed by atoms with Crippen LogP contribution in [0.4, 0.5) is 13.2 Å². The average Bonchev–Trinajstić information content (AvgIpc) is 2.72. The molecule has 1 fully saturated rings. The van der Waals surface area contributed by atoms with Crippen molar-refractivity contribution >= 4 is 5.91 Å². The summed E-state index contributed by atoms with van der Waals surface area (Å²) in [5, 5.41) is 2.91. The predicted molar refractivity (Wildman–Crippen MR) is 106 cm³/mol. The molecule has 1 N–H and O–H groups in total. The molecule has 10 heteroatoms. The van der Waals surface area contributed by atoms with E-state index in [1.807, 2.05) is 12.1 Å². The number of hydrogen-bond donors (Lipinski definition) is 1. The van der Waals surface area contributed by atoms with E-state index in [1.54, 1.807) is 20.3 Å². The lowest BCUT2D eigenvalue weighted by Crippen LogP contribution is -2.49. The number of rotatable bonds is 11. The summed E-state index contributed by atoms with van der Waals surface area (Å²) in [7, 11) is 3.14. The summed E-state index contributed by atoms with van der Waals surface area (Å²) in [5.41, 5.74) is 0.915. The van der Waals surface area contributed by atoms with Crippen LogP contribution in [0.3, 0.4) is 0 Å². The van der Waals surface area contributed by atoms with Crippen molar-refractivity contribution in [2.45, 2.75) is 19.1 Å². The van der Waals surface area contributed by atoms with Crippen LogP contribution in [0.25, 0.3) is 0 Å². The molecule has 1 aromatic rings. The van der Waals surface area contributed by atoms with E-state index in [1.165, 1.54) is 0 Å². The van der Waals surface area contributed by atoms with E-state index in [2.05, 4.69) is 19.9 Å². The van der Waals surface area contributed by atoms with Gasteiger partial charge in [-0.2, -0.15) is 13.2 Å². The third kappa shape index (κ3) is 8.76. The molecular formula is C20H30F3N3O4. The van der Waals surface area contributed by atoms with Crippen LogP contribution in [-0.4, -0.2) is 88.6 Å². The molecule has 2 rings (SSSR count). The summed E-state index contributed by atoms with van der Waals surface area (Å²) in [6.07, 6.45) is -3.71. The number of amides is 1. The van der Waals surface area contributed by atoms with Crippen LogP contribution < -0.4 is 14.8 Å². The molecule has 30 heavy (non-hydrogen) atoms. The van der Waals surface area contributed by atoms with Crippen molar-refractivity contribution in [2.24, 2.45) is 0 Å². The van der Waals surface area contributed by atoms with Gasteiger partial charge in [0.25, 0.3) is 0 Å². The maximum absolute atomic E-state index is 12.2. The lowest BCUT2D eigenvalue weighted by Gasteiger charge is -2.34. The number of carbonyl (C=O) groups is 1. The second-order valence-corrected chi connectivity index (χ2v) is 7.11. The molecule has 1 aliphatic rings. The molecular weight excluding hydrogens is 403 g/mol. The third-order valence-electron chi connectivity index (χ3n) is 4.80. The van der Waals surface area contributed by atoms with Crippen LogP contribution in [0, 0.1) is 0 Å². The minimum Gasteiger partial charge on any atom is -0.493 e. The summed E-state index contributed by atoms with van der Waals surface area (Å²) < 4.78 is 51.1. The molecule has 1 aliphatic heterocycles. The highest BCUT2D eigenvalue weighted by atomic mass is 19.4. The maximum atomic E-state index is 12.2. The van der Waals surface area contributed by atoms with Gasteiger partial charge in [0.2, 0.25) is 5.91 Å². The molecule has 0 aromatic heterocycles. The molecule has 7 nitrogen and oxygen atoms in total. The number of carbonyl (C=O) groups excluding carboxylic acids is 1. The monoisotopic (exact) mass is 433 g/mol. The number of nitrogens with one attached hydrogen (secondary N) is 1. The second-order valence-electron chi connectivity index (χ2n) is 7.11. The first-order valence-electron chi connectivity index (χ1n) is 9.87. The van der Waals surface area contributed by atoms with Crippen molar-refractivity contribution in [2.75, 3.05) is 66.7 Å². The molecule has 0 spiro atoms. The van der Waals surface area contributed by atoms with Gasteiger partial charge in [0, 0.05) is 45.9 Å². The zero-order chi connectivity index (χ0) is 22.0. The van der Waals surface area contributed by atoms with E-state index in [4.69, 9.17) is 9.47 Å². The molecule has 1 heterocycles. The Balaban J connectivity index is 1.61. The molecule has 0 radical (unpaired) electrons. The van der Waals surface area contributed by atoms with Gasteiger partial charge in [-0.3, -0.25) is 9.69 Å². The van der Waals surface area contributed by atoms with E-state index < -0.39 is 12.8 Å². The van der Waals surface area contributed by atoms with Gasteiger partial charge in [-0.15, -0.1) is 0 Å². The highest BCUT2D eigenvalue weighted by molar-refractivity contribution is 5.78. The Morgan fingerprint density at radius 2 is 1.73 bits per heavy atom. The highest BCUT2D eigenvalue weighted by Gasteiger charge is 2.27. The minimum atomic E-state index is -4.27. The molecule has 170 valence electrons. The van der Waals surface area contributed by atoms with Gasteiger partial charge in [0.1, 0.15) is 6.61 Å². The number of halogens is 3. The molecule has 0 bridgehead atoms. The number of methoxy groups -OCH3 is 2. The van der Waals surface area contributed by atoms with Gasteiger partial charge in [-0.1, -0.05) is 6.07 Å². The average molecular weight is 433 g/mol. The smallest absolute Gasteiger partial charge is 0.411 e. The Kier molecular flexibility index (Phi) is 9.67. The van der Waals surface area contributed by atoms with Crippen molar-refractivity contribution in [1.82, 2.24) is 15.1 Å². The zero-order valence-corrected chi connectivity index (χ0v) is 17.5. The standard InChI is InChI=1S/C20H30F3N3O4/c1-28-17-5-4-16(12-18(17)29-2)13-24-19(27)14-26-9-7-25(8-10-26)6-3-11-30-15-20(21,22)23/h4-5,12H,3,6-11,13-15H2,1-2H3,(H,24,27). The number of hydrogen-bond acceptors (Lipinski definition) is 6. The van der Waals surface area contributed by atoms with Crippen molar-refractivity contribution in [3.8, 4) is 11.5 Å². The van der Waals surface area contributed by atoms with E-state index in [-0.39, 0.29) is 12.5 Å². The van der Waals surface area contributed by atoms with Gasteiger partial charge in [-0.05, 0) is 24.1 Å². The summed E-state index contributed by atoms with van der Waals surface area (Å²) in [6, 6.07) is 5.50. The summed E-state index contributed by atoms with van der Waals surface area (Å²) in [6.45, 7) is 3.35. The van der Waals surface area contributed by atoms with Crippen molar-refractivity contribution in [3.63, 3.8) is 0 Å². The first-order chi connectivity index (χ1) is 14.3. The first-order valence-corrected chi connectivity index (χ1v) is 9.87. The predicted octanol–water partition coefficient (Wildman–Crippen LogP) is 1.91. The maximum Gasteiger partial charge on any atom is 0.411 e. The highest BCUT2D eigenvalue weighted by Crippen LogP contribution is 2.27. The Bertz CT molecular complexity index is 665. The Labute approximate surface area is 175 Å². The van der Waals surface area contributed by atoms with Crippen LogP contribution >= 0.6 is 0 Å². The zero-order valence-electron chi connectivity index (χ0n) is 17.5. The normalized spacial score (nSPS) is 15.8. The molecule has 0 atom stereocenters. The Morgan fingerprint density at radius 1 is 1.07 bits per heavy atom. The van der Waals surface area contributed by atoms with Crippen molar-refractivity contribution < 1.29 is 32.2 Å². The fourth-order valence-corrected chi connectivity index (χ4v) is 3.20. The number of benzene rings is 1. The lowest BCUT2D eigenvalue weighted by molar-refractivity contribution is -0.174. The molecule has 0 unspecified atom stereocenters. The van der Waals surface area contributed by atoms with E-state index in [9.17, 15) is 18.0 Å². The van der Waals surface area contributed by atoms with Crippen molar-refractivity contribution in [3.05, 3.63) is 23.8 Å². The van der Waals surface area contributed by atoms with Gasteiger partial charge in [-0.25, -0.2) is 0 Å². The van der Waals surface area contributed by atoms with Gasteiger partial charge < -0.3 is 24.4 Å². The Hall–Kier alpha value is -2.04. The van der Waals surface area contributed by atoms with E-state index >= 15 is 0 Å². The summed E-state index contributed by atoms with van der Waals surface area (Å²) >= 11 is 0. The quantitative estimate of drug-likeness (QED) is 0.538. The molecule has 0 saturated carbocycles. The number of piperazine rings is 1. The molecule has 1 aromatic carbocycles. The van der Waals surface area contributed by atoms with Gasteiger partial charge in [0.15, 0.2) is 11.5 Å². The van der Waals surface area contributed by atoms with Crippen LogP contribution in [0.5, 0.6) is 11.5 Å². The topological polar surface area (TPSA) is 63.3 Å². The summed E-state index contributed by atoms with van der Waals surface area (Å²) in [4.78, 5) is 16.5. The van der Waals surface area contributed by atoms with Crippen LogP contribution in [0.15, 0.2) is 18.2 Å². The van der Waals surface area contributed by atoms with Gasteiger partial charge >= 0.3 is 6.18 Å². The van der Waals surface area contributed by atoms with E-state index in [0.717, 1.165) is 31.7 Å². The molecule has 1 saturated heterocycles. The fourth-order valence-electron chi connectivity index (χ4n) is 3.20. The van der Waals surface area contributed by atoms with Gasteiger partial charge in [0.05, 0.1) is 20.8 Å². The Morgan fingerprint density at radius 3 is 2.37 bits per heavy atom. The first kappa shape index (κ1) is 24.2. The molecule has 0 aliphatic carbocycles. The fraction of sp³-hybridized carbons (Fsp3) is 0.650. The number of nitrogens with zero attached hydrogens (tertiary/aromatic N) is 2. The largest absolute Gasteiger partial charge is 0.493 e. The van der Waals surface area contributed by atoms with Crippen LogP contribution in [-0.2, 0) is 16.1 Å². The van der Waals surface area contributed by atoms with E-state index in [0.29, 0.717) is 37.6 Å². The summed E-state index contributed by atoms with van der Waals surface area (Å²) in [5.74, 6) is 1.19. The van der Waals surface area contributed by atoms with Crippen LogP contribution in [0.2, 0.25) is 0 Å². The molecule has 1 amide bonds. The minimum absolute atomic E-state index is 0.0567. The van der Waals surface area contributed by atoms with Crippen molar-refractivity contribution in [1.29, 1.82) is 0 Å². The lowest BCUT2D eigenvalue weighted by atomic mass is 10.2. The van der Waals surface area contributed by atoms with Crippen LogP contribution in [0.1, 0.15) is 12.0 Å². The second kappa shape index (κ2) is 12.0. The third-order valence-corrected chi connectivity index (χ3v) is 4.80. The SMILES string of the molecule is COc1ccc(CNC(=O)CN2CCN(CCCOCC(F)(F)F)CC2)cc1OC. The number of ether oxygens (including phenoxy) is 3.